The Balaban J connectivity index is 1.60. The number of methoxy groups -OCH3 is 1. The second kappa shape index (κ2) is 7.86. The zero-order valence-corrected chi connectivity index (χ0v) is 15.5. The Kier molecular flexibility index (Phi) is 5.54. The van der Waals surface area contributed by atoms with Gasteiger partial charge in [-0.1, -0.05) is 12.1 Å². The van der Waals surface area contributed by atoms with E-state index < -0.39 is 5.41 Å². The van der Waals surface area contributed by atoms with Gasteiger partial charge in [-0.3, -0.25) is 14.6 Å². The third-order valence-electron chi connectivity index (χ3n) is 5.25. The first kappa shape index (κ1) is 19.0. The molecule has 1 N–H and O–H groups in total. The van der Waals surface area contributed by atoms with Crippen LogP contribution in [-0.2, 0) is 9.53 Å². The zero-order chi connectivity index (χ0) is 19.4. The van der Waals surface area contributed by atoms with E-state index in [2.05, 4.69) is 10.3 Å². The zero-order valence-electron chi connectivity index (χ0n) is 15.5. The quantitative estimate of drug-likeness (QED) is 0.833. The van der Waals surface area contributed by atoms with Gasteiger partial charge in [-0.2, -0.15) is 0 Å². The van der Waals surface area contributed by atoms with Crippen molar-refractivity contribution in [1.29, 1.82) is 0 Å². The monoisotopic (exact) mass is 370 g/mol. The van der Waals surface area contributed by atoms with Crippen molar-refractivity contribution in [2.75, 3.05) is 7.11 Å². The fourth-order valence-corrected chi connectivity index (χ4v) is 3.47. The van der Waals surface area contributed by atoms with Gasteiger partial charge in [0.05, 0.1) is 23.8 Å². The van der Waals surface area contributed by atoms with Crippen molar-refractivity contribution in [3.8, 4) is 11.3 Å². The molecular formula is C21H23FN2O3. The molecule has 142 valence electrons. The van der Waals surface area contributed by atoms with Crippen LogP contribution >= 0.6 is 0 Å². The summed E-state index contributed by atoms with van der Waals surface area (Å²) in [6.07, 6.45) is 4.32. The molecule has 1 amide bonds. The Morgan fingerprint density at radius 1 is 1.22 bits per heavy atom. The molecule has 0 atom stereocenters. The van der Waals surface area contributed by atoms with E-state index in [-0.39, 0.29) is 23.7 Å². The molecule has 2 aromatic rings. The second-order valence-electron chi connectivity index (χ2n) is 7.24. The van der Waals surface area contributed by atoms with Crippen molar-refractivity contribution in [3.63, 3.8) is 0 Å². The van der Waals surface area contributed by atoms with E-state index in [1.165, 1.54) is 25.4 Å². The van der Waals surface area contributed by atoms with E-state index in [0.29, 0.717) is 29.7 Å². The summed E-state index contributed by atoms with van der Waals surface area (Å²) in [5, 5.41) is 3.01. The maximum absolute atomic E-state index is 13.3. The highest BCUT2D eigenvalue weighted by atomic mass is 19.1. The van der Waals surface area contributed by atoms with E-state index in [1.54, 1.807) is 24.3 Å². The fourth-order valence-electron chi connectivity index (χ4n) is 3.47. The number of halogens is 1. The number of carbonyl (C=O) groups is 2. The first-order chi connectivity index (χ1) is 12.9. The van der Waals surface area contributed by atoms with E-state index >= 15 is 0 Å². The van der Waals surface area contributed by atoms with Gasteiger partial charge in [0.15, 0.2) is 0 Å². The summed E-state index contributed by atoms with van der Waals surface area (Å²) in [6.45, 7) is 1.91. The normalized spacial score (nSPS) is 22.1. The molecule has 1 aromatic heterocycles. The average molecular weight is 370 g/mol. The number of hydrogen-bond acceptors (Lipinski definition) is 4. The molecule has 1 aliphatic carbocycles. The van der Waals surface area contributed by atoms with Crippen LogP contribution in [0.4, 0.5) is 4.39 Å². The lowest BCUT2D eigenvalue weighted by atomic mass is 9.74. The predicted molar refractivity (Wildman–Crippen MR) is 99.5 cm³/mol. The number of nitrogens with one attached hydrogen (secondary N) is 1. The molecule has 0 spiro atoms. The highest BCUT2D eigenvalue weighted by molar-refractivity contribution is 5.94. The lowest BCUT2D eigenvalue weighted by Gasteiger charge is -2.35. The minimum absolute atomic E-state index is 0.0260. The van der Waals surface area contributed by atoms with Crippen LogP contribution in [0.15, 0.2) is 42.6 Å². The van der Waals surface area contributed by atoms with Crippen LogP contribution < -0.4 is 5.32 Å². The summed E-state index contributed by atoms with van der Waals surface area (Å²) in [5.41, 5.74) is 1.26. The summed E-state index contributed by atoms with van der Waals surface area (Å²) in [6, 6.07) is 9.59. The molecule has 1 aliphatic rings. The van der Waals surface area contributed by atoms with Crippen LogP contribution in [0, 0.1) is 11.2 Å². The third-order valence-corrected chi connectivity index (χ3v) is 5.25. The molecule has 1 saturated carbocycles. The second-order valence-corrected chi connectivity index (χ2v) is 7.24. The van der Waals surface area contributed by atoms with Crippen molar-refractivity contribution >= 4 is 11.9 Å². The topological polar surface area (TPSA) is 68.3 Å². The van der Waals surface area contributed by atoms with Crippen LogP contribution in [0.1, 0.15) is 43.0 Å². The van der Waals surface area contributed by atoms with Gasteiger partial charge >= 0.3 is 5.97 Å². The number of hydrogen-bond donors (Lipinski definition) is 1. The van der Waals surface area contributed by atoms with Gasteiger partial charge in [-0.25, -0.2) is 4.39 Å². The van der Waals surface area contributed by atoms with E-state index in [9.17, 15) is 14.0 Å². The van der Waals surface area contributed by atoms with Crippen LogP contribution in [0.25, 0.3) is 11.3 Å². The number of ether oxygens (including phenoxy) is 1. The molecule has 1 fully saturated rings. The average Bonchev–Trinajstić information content (AvgIpc) is 2.69. The lowest BCUT2D eigenvalue weighted by Crippen LogP contribution is -2.42. The molecule has 27 heavy (non-hydrogen) atoms. The van der Waals surface area contributed by atoms with Gasteiger partial charge in [0.1, 0.15) is 5.82 Å². The molecule has 1 heterocycles. The summed E-state index contributed by atoms with van der Waals surface area (Å²) in [7, 11) is 1.40. The lowest BCUT2D eigenvalue weighted by molar-refractivity contribution is -0.153. The van der Waals surface area contributed by atoms with Gasteiger partial charge in [-0.15, -0.1) is 0 Å². The number of rotatable bonds is 4. The summed E-state index contributed by atoms with van der Waals surface area (Å²) in [4.78, 5) is 28.6. The minimum atomic E-state index is -0.468. The molecular weight excluding hydrogens is 347 g/mol. The maximum atomic E-state index is 13.3. The summed E-state index contributed by atoms with van der Waals surface area (Å²) >= 11 is 0. The van der Waals surface area contributed by atoms with Crippen LogP contribution in [0.2, 0.25) is 0 Å². The van der Waals surface area contributed by atoms with Crippen molar-refractivity contribution < 1.29 is 18.7 Å². The highest BCUT2D eigenvalue weighted by Crippen LogP contribution is 2.37. The Bertz CT molecular complexity index is 828. The van der Waals surface area contributed by atoms with Crippen LogP contribution in [0.3, 0.4) is 0 Å². The minimum Gasteiger partial charge on any atom is -0.469 e. The Morgan fingerprint density at radius 3 is 2.56 bits per heavy atom. The van der Waals surface area contributed by atoms with E-state index in [4.69, 9.17) is 4.74 Å². The van der Waals surface area contributed by atoms with Gasteiger partial charge in [0.25, 0.3) is 5.91 Å². The number of aromatic nitrogens is 1. The van der Waals surface area contributed by atoms with Crippen molar-refractivity contribution in [1.82, 2.24) is 10.3 Å². The van der Waals surface area contributed by atoms with Gasteiger partial charge < -0.3 is 10.1 Å². The number of esters is 1. The van der Waals surface area contributed by atoms with Gasteiger partial charge in [-0.05, 0) is 56.9 Å². The molecule has 0 bridgehead atoms. The van der Waals surface area contributed by atoms with Crippen LogP contribution in [-0.4, -0.2) is 30.0 Å². The van der Waals surface area contributed by atoms with Crippen LogP contribution in [0.5, 0.6) is 0 Å². The fraction of sp³-hybridized carbons (Fsp3) is 0.381. The van der Waals surface area contributed by atoms with Crippen molar-refractivity contribution in [2.45, 2.75) is 38.6 Å². The third kappa shape index (κ3) is 4.32. The number of amides is 1. The molecule has 0 unspecified atom stereocenters. The molecule has 1 aromatic carbocycles. The Labute approximate surface area is 158 Å². The smallest absolute Gasteiger partial charge is 0.311 e. The van der Waals surface area contributed by atoms with Crippen molar-refractivity contribution in [2.24, 2.45) is 5.41 Å². The van der Waals surface area contributed by atoms with E-state index in [1.807, 2.05) is 6.92 Å². The van der Waals surface area contributed by atoms with Gasteiger partial charge in [0.2, 0.25) is 0 Å². The first-order valence-corrected chi connectivity index (χ1v) is 9.02. The molecule has 3 rings (SSSR count). The Morgan fingerprint density at radius 2 is 1.96 bits per heavy atom. The molecule has 0 saturated heterocycles. The highest BCUT2D eigenvalue weighted by Gasteiger charge is 2.38. The first-order valence-electron chi connectivity index (χ1n) is 9.02. The largest absolute Gasteiger partial charge is 0.469 e. The SMILES string of the molecule is COC(=O)C1(C)CCC(NC(=O)c2ccc(-c3cccc(F)c3)nc2)CC1. The van der Waals surface area contributed by atoms with E-state index in [0.717, 1.165) is 12.8 Å². The number of nitrogens with zero attached hydrogens (tertiary/aromatic N) is 1. The molecule has 6 heteroatoms. The number of benzene rings is 1. The molecule has 5 nitrogen and oxygen atoms in total. The molecule has 0 radical (unpaired) electrons. The number of carbonyl (C=O) groups excluding carboxylic acids is 2. The number of pyridine rings is 1. The summed E-state index contributed by atoms with van der Waals surface area (Å²) < 4.78 is 18.2. The maximum Gasteiger partial charge on any atom is 0.311 e. The summed E-state index contributed by atoms with van der Waals surface area (Å²) in [5.74, 6) is -0.711. The predicted octanol–water partition coefficient (Wildman–Crippen LogP) is 3.74. The Hall–Kier alpha value is -2.76. The van der Waals surface area contributed by atoms with Crippen molar-refractivity contribution in [3.05, 3.63) is 54.0 Å². The standard InChI is InChI=1S/C21H23FN2O3/c1-21(20(26)27-2)10-8-17(9-11-21)24-19(25)15-6-7-18(23-13-15)14-4-3-5-16(22)12-14/h3-7,12-13,17H,8-11H2,1-2H3,(H,24,25). The van der Waals surface area contributed by atoms with Gasteiger partial charge in [0, 0.05) is 17.8 Å². The molecule has 0 aliphatic heterocycles.